The van der Waals surface area contributed by atoms with Crippen LogP contribution in [0.1, 0.15) is 35.1 Å². The number of aliphatic hydroxyl groups is 1. The molecule has 1 amide bonds. The fraction of sp³-hybridized carbons (Fsp3) is 0.217. The van der Waals surface area contributed by atoms with E-state index in [1.807, 2.05) is 0 Å². The third-order valence-electron chi connectivity index (χ3n) is 5.57. The lowest BCUT2D eigenvalue weighted by Crippen LogP contribution is -2.42. The number of aromatic nitrogens is 4. The monoisotopic (exact) mass is 473 g/mol. The van der Waals surface area contributed by atoms with Crippen molar-refractivity contribution in [1.29, 1.82) is 0 Å². The number of rotatable bonds is 6. The summed E-state index contributed by atoms with van der Waals surface area (Å²) in [6, 6.07) is 12.3. The van der Waals surface area contributed by atoms with E-state index in [4.69, 9.17) is 5.73 Å². The zero-order valence-electron chi connectivity index (χ0n) is 17.8. The fourth-order valence-corrected chi connectivity index (χ4v) is 3.65. The first-order valence-corrected chi connectivity index (χ1v) is 10.2. The predicted molar refractivity (Wildman–Crippen MR) is 115 cm³/mol. The van der Waals surface area contributed by atoms with Crippen molar-refractivity contribution < 1.29 is 27.5 Å². The van der Waals surface area contributed by atoms with E-state index < -0.39 is 35.6 Å². The Balaban J connectivity index is 1.73. The number of nitrogens with zero attached hydrogens (tertiary/aromatic N) is 4. The SMILES string of the molecule is CC[C@](O)(c1cn(Cc2ccc3c(-c4ccc(F)cc4)cc(C(N)=O)nc3c2)nn1)C(F)(F)F. The van der Waals surface area contributed by atoms with Gasteiger partial charge in [0.05, 0.1) is 18.3 Å². The molecule has 0 fully saturated rings. The van der Waals surface area contributed by atoms with Crippen molar-refractivity contribution in [3.05, 3.63) is 77.5 Å². The normalized spacial score (nSPS) is 13.7. The molecule has 0 saturated heterocycles. The van der Waals surface area contributed by atoms with Crippen LogP contribution in [-0.4, -0.2) is 37.2 Å². The van der Waals surface area contributed by atoms with Gasteiger partial charge in [0.2, 0.25) is 5.60 Å². The highest BCUT2D eigenvalue weighted by Gasteiger charge is 2.55. The van der Waals surface area contributed by atoms with E-state index in [1.54, 1.807) is 30.3 Å². The molecule has 4 aromatic rings. The lowest BCUT2D eigenvalue weighted by molar-refractivity contribution is -0.269. The highest BCUT2D eigenvalue weighted by atomic mass is 19.4. The van der Waals surface area contributed by atoms with E-state index in [9.17, 15) is 27.5 Å². The van der Waals surface area contributed by atoms with Gasteiger partial charge in [0.1, 0.15) is 17.2 Å². The van der Waals surface area contributed by atoms with Crippen molar-refractivity contribution in [3.63, 3.8) is 0 Å². The van der Waals surface area contributed by atoms with E-state index >= 15 is 0 Å². The van der Waals surface area contributed by atoms with Gasteiger partial charge in [-0.1, -0.05) is 36.4 Å². The van der Waals surface area contributed by atoms with E-state index in [0.29, 0.717) is 27.6 Å². The molecule has 2 aromatic heterocycles. The maximum absolute atomic E-state index is 13.4. The summed E-state index contributed by atoms with van der Waals surface area (Å²) < 4.78 is 54.5. The summed E-state index contributed by atoms with van der Waals surface area (Å²) in [5, 5.41) is 18.0. The number of alkyl halides is 3. The van der Waals surface area contributed by atoms with Gasteiger partial charge < -0.3 is 10.8 Å². The number of hydrogen-bond donors (Lipinski definition) is 2. The molecule has 1 atom stereocenters. The van der Waals surface area contributed by atoms with Crippen LogP contribution in [0, 0.1) is 5.82 Å². The number of amides is 1. The number of pyridine rings is 1. The number of nitrogens with two attached hydrogens (primary N) is 1. The van der Waals surface area contributed by atoms with E-state index in [2.05, 4.69) is 15.3 Å². The minimum absolute atomic E-state index is 0.00482. The zero-order valence-corrected chi connectivity index (χ0v) is 17.8. The number of carbonyl (C=O) groups is 1. The molecule has 2 aromatic carbocycles. The van der Waals surface area contributed by atoms with Gasteiger partial charge in [-0.2, -0.15) is 13.2 Å². The maximum atomic E-state index is 13.4. The average Bonchev–Trinajstić information content (AvgIpc) is 3.26. The molecule has 0 aliphatic rings. The van der Waals surface area contributed by atoms with Gasteiger partial charge in [-0.15, -0.1) is 5.10 Å². The number of halogens is 4. The Morgan fingerprint density at radius 2 is 1.82 bits per heavy atom. The second-order valence-corrected chi connectivity index (χ2v) is 7.79. The summed E-state index contributed by atoms with van der Waals surface area (Å²) in [5.74, 6) is -1.16. The quantitative estimate of drug-likeness (QED) is 0.413. The Bertz CT molecular complexity index is 1370. The maximum Gasteiger partial charge on any atom is 0.423 e. The molecule has 7 nitrogen and oxygen atoms in total. The molecular formula is C23H19F4N5O2. The van der Waals surface area contributed by atoms with Gasteiger partial charge in [0, 0.05) is 5.39 Å². The second kappa shape index (κ2) is 8.49. The average molecular weight is 473 g/mol. The zero-order chi connectivity index (χ0) is 24.7. The number of fused-ring (bicyclic) bond motifs is 1. The van der Waals surface area contributed by atoms with Crippen LogP contribution >= 0.6 is 0 Å². The molecular weight excluding hydrogens is 454 g/mol. The first-order chi connectivity index (χ1) is 16.0. The van der Waals surface area contributed by atoms with Crippen LogP contribution in [0.25, 0.3) is 22.0 Å². The molecule has 34 heavy (non-hydrogen) atoms. The summed E-state index contributed by atoms with van der Waals surface area (Å²) in [4.78, 5) is 16.1. The first-order valence-electron chi connectivity index (χ1n) is 10.2. The molecule has 3 N–H and O–H groups in total. The largest absolute Gasteiger partial charge is 0.423 e. The Kier molecular flexibility index (Phi) is 5.82. The third-order valence-corrected chi connectivity index (χ3v) is 5.57. The van der Waals surface area contributed by atoms with Crippen LogP contribution in [-0.2, 0) is 12.1 Å². The van der Waals surface area contributed by atoms with Crippen molar-refractivity contribution in [2.45, 2.75) is 31.7 Å². The van der Waals surface area contributed by atoms with Gasteiger partial charge in [-0.25, -0.2) is 14.1 Å². The first kappa shape index (κ1) is 23.3. The van der Waals surface area contributed by atoms with Crippen molar-refractivity contribution in [2.75, 3.05) is 0 Å². The molecule has 4 rings (SSSR count). The molecule has 0 unspecified atom stereocenters. The summed E-state index contributed by atoms with van der Waals surface area (Å²) in [5.41, 5.74) is 4.02. The summed E-state index contributed by atoms with van der Waals surface area (Å²) >= 11 is 0. The highest BCUT2D eigenvalue weighted by molar-refractivity contribution is 6.00. The minimum Gasteiger partial charge on any atom is -0.375 e. The summed E-state index contributed by atoms with van der Waals surface area (Å²) in [6.07, 6.45) is -4.48. The predicted octanol–water partition coefficient (Wildman–Crippen LogP) is 3.94. The van der Waals surface area contributed by atoms with Gasteiger partial charge in [-0.3, -0.25) is 4.79 Å². The van der Waals surface area contributed by atoms with Crippen LogP contribution in [0.3, 0.4) is 0 Å². The molecule has 0 spiro atoms. The standard InChI is InChI=1S/C23H19F4N5O2/c1-2-22(34,23(25,26)27)20-12-32(31-30-20)11-13-3-8-16-17(14-4-6-15(24)7-5-14)10-19(21(28)33)29-18(16)9-13/h3-10,12,34H,2,11H2,1H3,(H2,28,33)/t22-/m0/s1. The van der Waals surface area contributed by atoms with Gasteiger partial charge in [0.25, 0.3) is 5.91 Å². The molecule has 0 saturated carbocycles. The van der Waals surface area contributed by atoms with Gasteiger partial charge >= 0.3 is 6.18 Å². The Labute approximate surface area is 190 Å². The van der Waals surface area contributed by atoms with Crippen LogP contribution in [0.5, 0.6) is 0 Å². The third kappa shape index (κ3) is 4.21. The smallest absolute Gasteiger partial charge is 0.375 e. The van der Waals surface area contributed by atoms with E-state index in [-0.39, 0.29) is 12.2 Å². The Morgan fingerprint density at radius 3 is 2.44 bits per heavy atom. The molecule has 0 bridgehead atoms. The number of carbonyl (C=O) groups excluding carboxylic acids is 1. The van der Waals surface area contributed by atoms with Crippen molar-refractivity contribution >= 4 is 16.8 Å². The van der Waals surface area contributed by atoms with Crippen molar-refractivity contribution in [1.82, 2.24) is 20.0 Å². The summed E-state index contributed by atoms with van der Waals surface area (Å²) in [6.45, 7) is 1.24. The highest BCUT2D eigenvalue weighted by Crippen LogP contribution is 2.40. The number of primary amides is 1. The van der Waals surface area contributed by atoms with E-state index in [0.717, 1.165) is 6.20 Å². The van der Waals surface area contributed by atoms with Crippen LogP contribution < -0.4 is 5.73 Å². The second-order valence-electron chi connectivity index (χ2n) is 7.79. The Morgan fingerprint density at radius 1 is 1.12 bits per heavy atom. The van der Waals surface area contributed by atoms with Gasteiger partial charge in [0.15, 0.2) is 0 Å². The minimum atomic E-state index is -4.91. The molecule has 0 aliphatic heterocycles. The summed E-state index contributed by atoms with van der Waals surface area (Å²) in [7, 11) is 0. The molecule has 11 heteroatoms. The molecule has 2 heterocycles. The number of benzene rings is 2. The van der Waals surface area contributed by atoms with Gasteiger partial charge in [-0.05, 0) is 47.4 Å². The lowest BCUT2D eigenvalue weighted by Gasteiger charge is -2.26. The van der Waals surface area contributed by atoms with Crippen LogP contribution in [0.2, 0.25) is 0 Å². The van der Waals surface area contributed by atoms with Crippen LogP contribution in [0.15, 0.2) is 54.7 Å². The van der Waals surface area contributed by atoms with E-state index in [1.165, 1.54) is 29.8 Å². The van der Waals surface area contributed by atoms with Crippen molar-refractivity contribution in [2.24, 2.45) is 5.73 Å². The van der Waals surface area contributed by atoms with Crippen molar-refractivity contribution in [3.8, 4) is 11.1 Å². The number of hydrogen-bond acceptors (Lipinski definition) is 5. The van der Waals surface area contributed by atoms with Crippen LogP contribution in [0.4, 0.5) is 17.6 Å². The topological polar surface area (TPSA) is 107 Å². The fourth-order valence-electron chi connectivity index (χ4n) is 3.65. The molecule has 0 aliphatic carbocycles. The molecule has 176 valence electrons. The molecule has 0 radical (unpaired) electrons. The lowest BCUT2D eigenvalue weighted by atomic mass is 9.96. The Hall–Kier alpha value is -3.86.